The van der Waals surface area contributed by atoms with E-state index in [1.54, 1.807) is 65.8 Å². The number of aliphatic hydroxyl groups is 2. The number of hydrogen-bond acceptors (Lipinski definition) is 14. The van der Waals surface area contributed by atoms with Gasteiger partial charge < -0.3 is 49.6 Å². The van der Waals surface area contributed by atoms with Gasteiger partial charge in [0.05, 0.1) is 41.2 Å². The van der Waals surface area contributed by atoms with Crippen LogP contribution in [-0.4, -0.2) is 106 Å². The van der Waals surface area contributed by atoms with Crippen molar-refractivity contribution in [1.82, 2.24) is 4.90 Å². The number of carbonyl (C=O) groups excluding carboxylic acids is 3. The molecule has 1 amide bonds. The SMILES string of the molecule is CO[C@@H]1C=CO[C@@]2(C)Oc3c(C)c(O)c4c(O)c(c5c(c4c3C2=O)NC2(CCN(CC(C)C)CC2)N=5)=NC(=O)C(C)=CC=C[C@H](C)[C@H](O)[C@H](C)[C@H](O)[C@H](C)[C@H](OC(C)=O)[C@H]1C. The molecule has 0 radical (unpaired) electrons. The highest BCUT2D eigenvalue weighted by molar-refractivity contribution is 6.21. The van der Waals surface area contributed by atoms with Gasteiger partial charge in [-0.05, 0) is 25.8 Å². The van der Waals surface area contributed by atoms with E-state index < -0.39 is 82.9 Å². The zero-order valence-electron chi connectivity index (χ0n) is 37.1. The number of aliphatic hydroxyl groups excluding tert-OH is 2. The third kappa shape index (κ3) is 8.54. The lowest BCUT2D eigenvalue weighted by Gasteiger charge is -2.38. The van der Waals surface area contributed by atoms with Crippen molar-refractivity contribution in [2.24, 2.45) is 39.6 Å². The van der Waals surface area contributed by atoms with E-state index in [2.05, 4.69) is 29.1 Å². The highest BCUT2D eigenvalue weighted by Crippen LogP contribution is 2.51. The van der Waals surface area contributed by atoms with Crippen molar-refractivity contribution in [3.05, 3.63) is 58.0 Å². The number of piperidine rings is 1. The molecule has 9 atom stereocenters. The van der Waals surface area contributed by atoms with Gasteiger partial charge in [-0.2, -0.15) is 0 Å². The van der Waals surface area contributed by atoms with E-state index in [-0.39, 0.29) is 49.7 Å². The summed E-state index contributed by atoms with van der Waals surface area (Å²) in [5.74, 6) is -6.57. The van der Waals surface area contributed by atoms with Gasteiger partial charge in [0.25, 0.3) is 11.7 Å². The van der Waals surface area contributed by atoms with Gasteiger partial charge in [-0.15, -0.1) is 0 Å². The highest BCUT2D eigenvalue weighted by Gasteiger charge is 2.51. The van der Waals surface area contributed by atoms with Crippen molar-refractivity contribution >= 4 is 34.1 Å². The van der Waals surface area contributed by atoms with Crippen molar-refractivity contribution in [3.8, 4) is 17.2 Å². The number of nitrogens with zero attached hydrogens (tertiary/aromatic N) is 3. The molecule has 6 rings (SSSR count). The molecular formula is C46H62N4O11. The van der Waals surface area contributed by atoms with Gasteiger partial charge in [-0.3, -0.25) is 19.4 Å². The zero-order valence-corrected chi connectivity index (χ0v) is 37.1. The van der Waals surface area contributed by atoms with Crippen molar-refractivity contribution in [2.45, 2.75) is 118 Å². The van der Waals surface area contributed by atoms with Crippen LogP contribution in [0.3, 0.4) is 0 Å². The first-order valence-electron chi connectivity index (χ1n) is 21.2. The number of nitrogens with one attached hydrogen (secondary N) is 1. The van der Waals surface area contributed by atoms with E-state index >= 15 is 0 Å². The first-order chi connectivity index (χ1) is 28.6. The molecule has 15 nitrogen and oxygen atoms in total. The van der Waals surface area contributed by atoms with Crippen LogP contribution in [0.1, 0.15) is 91.1 Å². The summed E-state index contributed by atoms with van der Waals surface area (Å²) in [5.41, 5.74) is -0.111. The molecule has 0 aliphatic carbocycles. The number of esters is 1. The zero-order chi connectivity index (χ0) is 44.9. The molecule has 4 bridgehead atoms. The Morgan fingerprint density at radius 1 is 0.984 bits per heavy atom. The average molecular weight is 847 g/mol. The molecule has 4 heterocycles. The summed E-state index contributed by atoms with van der Waals surface area (Å²) >= 11 is 0. The Morgan fingerprint density at radius 2 is 1.66 bits per heavy atom. The Balaban J connectivity index is 1.55. The molecule has 15 heteroatoms. The maximum Gasteiger partial charge on any atom is 0.312 e. The highest BCUT2D eigenvalue weighted by atomic mass is 16.7. The lowest BCUT2D eigenvalue weighted by atomic mass is 9.78. The Morgan fingerprint density at radius 3 is 2.28 bits per heavy atom. The molecule has 5 N–H and O–H groups in total. The molecule has 4 aliphatic rings. The third-order valence-corrected chi connectivity index (χ3v) is 12.9. The minimum absolute atomic E-state index is 0.0538. The van der Waals surface area contributed by atoms with Gasteiger partial charge in [0, 0.05) is 93.6 Å². The van der Waals surface area contributed by atoms with Gasteiger partial charge in [0.15, 0.2) is 5.75 Å². The Bertz CT molecular complexity index is 2300. The number of likely N-dealkylation sites (tertiary alicyclic amines) is 1. The van der Waals surface area contributed by atoms with Crippen LogP contribution in [0.5, 0.6) is 17.2 Å². The van der Waals surface area contributed by atoms with Gasteiger partial charge in [0.1, 0.15) is 34.0 Å². The number of methoxy groups -OCH3 is 1. The molecule has 1 spiro atoms. The predicted octanol–water partition coefficient (Wildman–Crippen LogP) is 4.75. The number of ketones is 1. The number of allylic oxidation sites excluding steroid dienone is 2. The lowest BCUT2D eigenvalue weighted by molar-refractivity contribution is -0.160. The van der Waals surface area contributed by atoms with E-state index in [1.807, 2.05) is 0 Å². The number of phenols is 2. The number of ether oxygens (including phenoxy) is 4. The van der Waals surface area contributed by atoms with Crippen LogP contribution in [0.2, 0.25) is 0 Å². The number of amides is 1. The van der Waals surface area contributed by atoms with Crippen LogP contribution in [0.25, 0.3) is 10.8 Å². The number of aromatic hydroxyl groups is 2. The van der Waals surface area contributed by atoms with Gasteiger partial charge in [0.2, 0.25) is 0 Å². The summed E-state index contributed by atoms with van der Waals surface area (Å²) in [6, 6.07) is 0. The Kier molecular flexibility index (Phi) is 13.1. The number of rotatable bonds is 4. The summed E-state index contributed by atoms with van der Waals surface area (Å²) in [7, 11) is 1.47. The monoisotopic (exact) mass is 846 g/mol. The number of hydrogen-bond donors (Lipinski definition) is 5. The van der Waals surface area contributed by atoms with Crippen LogP contribution in [0.4, 0.5) is 5.69 Å². The first-order valence-corrected chi connectivity index (χ1v) is 21.2. The maximum absolute atomic E-state index is 14.7. The molecule has 1 saturated heterocycles. The fourth-order valence-corrected chi connectivity index (χ4v) is 9.24. The number of benzene rings is 2. The molecular weight excluding hydrogens is 785 g/mol. The fraction of sp³-hybridized carbons (Fsp3) is 0.587. The minimum atomic E-state index is -1.95. The molecule has 2 aromatic rings. The van der Waals surface area contributed by atoms with Crippen LogP contribution < -0.4 is 20.8 Å². The molecule has 0 unspecified atom stereocenters. The molecule has 2 aromatic carbocycles. The Labute approximate surface area is 356 Å². The molecule has 61 heavy (non-hydrogen) atoms. The maximum atomic E-state index is 14.7. The molecule has 4 aliphatic heterocycles. The Hall–Kier alpha value is -4.83. The van der Waals surface area contributed by atoms with E-state index in [4.69, 9.17) is 23.9 Å². The quantitative estimate of drug-likeness (QED) is 0.208. The summed E-state index contributed by atoms with van der Waals surface area (Å²) in [4.78, 5) is 52.9. The number of Topliss-reactive ketones (excluding diaryl/α,β-unsaturated/α-hetero) is 1. The second kappa shape index (κ2) is 17.5. The number of fused-ring (bicyclic) bond motifs is 1. The molecule has 1 fully saturated rings. The average Bonchev–Trinajstić information content (AvgIpc) is 3.71. The summed E-state index contributed by atoms with van der Waals surface area (Å²) in [6.45, 7) is 19.6. The van der Waals surface area contributed by atoms with Crippen LogP contribution >= 0.6 is 0 Å². The van der Waals surface area contributed by atoms with E-state index in [9.17, 15) is 34.8 Å². The fourth-order valence-electron chi connectivity index (χ4n) is 9.24. The smallest absolute Gasteiger partial charge is 0.312 e. The second-order valence-corrected chi connectivity index (χ2v) is 18.0. The standard InChI is InChI=1S/C46H62N4O11/c1-22(2)21-50-18-16-46(17-19-50)48-34-31-32-39(54)28(8)42-33(31)43(56)45(10,61-42)59-20-15-30(58-11)25(5)41(60-29(9)51)27(7)38(53)26(6)37(52)23(3)13-12-14-24(4)44(57)47-36(40(32)55)35(34)49-46/h12-15,20,22-23,25-27,30,37-38,41,48,52-55H,16-19,21H2,1-11H3/t23-,25-,26-,27-,30+,37-,38-,41+,45-/m0/s1. The van der Waals surface area contributed by atoms with Crippen LogP contribution in [0, 0.1) is 36.5 Å². The molecule has 0 aromatic heterocycles. The normalized spacial score (nSPS) is 30.8. The second-order valence-electron chi connectivity index (χ2n) is 18.0. The number of anilines is 1. The third-order valence-electron chi connectivity index (χ3n) is 12.9. The van der Waals surface area contributed by atoms with E-state index in [1.165, 1.54) is 27.2 Å². The van der Waals surface area contributed by atoms with Crippen molar-refractivity contribution < 1.29 is 53.8 Å². The van der Waals surface area contributed by atoms with Gasteiger partial charge in [-0.25, -0.2) is 4.99 Å². The summed E-state index contributed by atoms with van der Waals surface area (Å²) in [6.07, 6.45) is 5.07. The topological polar surface area (TPSA) is 209 Å². The predicted molar refractivity (Wildman–Crippen MR) is 228 cm³/mol. The van der Waals surface area contributed by atoms with Crippen molar-refractivity contribution in [3.63, 3.8) is 0 Å². The summed E-state index contributed by atoms with van der Waals surface area (Å²) < 4.78 is 24.0. The number of phenolic OH excluding ortho intramolecular Hbond substituents is 2. The van der Waals surface area contributed by atoms with Gasteiger partial charge in [-0.1, -0.05) is 59.8 Å². The largest absolute Gasteiger partial charge is 0.507 e. The van der Waals surface area contributed by atoms with E-state index in [0.29, 0.717) is 24.4 Å². The lowest BCUT2D eigenvalue weighted by Crippen LogP contribution is -2.47. The minimum Gasteiger partial charge on any atom is -0.507 e. The number of carbonyl (C=O) groups is 3. The summed E-state index contributed by atoms with van der Waals surface area (Å²) in [5, 5.41) is 50.5. The van der Waals surface area contributed by atoms with E-state index in [0.717, 1.165) is 19.6 Å². The first kappa shape index (κ1) is 45.7. The van der Waals surface area contributed by atoms with Crippen molar-refractivity contribution in [2.75, 3.05) is 32.1 Å². The van der Waals surface area contributed by atoms with Crippen LogP contribution in [-0.2, 0) is 23.8 Å². The van der Waals surface area contributed by atoms with Crippen LogP contribution in [0.15, 0.2) is 46.1 Å². The molecule has 332 valence electrons. The van der Waals surface area contributed by atoms with Gasteiger partial charge >= 0.3 is 11.8 Å². The van der Waals surface area contributed by atoms with Crippen molar-refractivity contribution in [1.29, 1.82) is 0 Å². The molecule has 0 saturated carbocycles.